The number of aliphatic hydroxyl groups is 4. The third kappa shape index (κ3) is 2.80. The summed E-state index contributed by atoms with van der Waals surface area (Å²) >= 11 is 0. The maximum Gasteiger partial charge on any atom is 0.310 e. The summed E-state index contributed by atoms with van der Waals surface area (Å²) in [6, 6.07) is 0. The minimum atomic E-state index is -1.20. The Morgan fingerprint density at radius 3 is 2.14 bits per heavy atom. The van der Waals surface area contributed by atoms with E-state index in [1.807, 2.05) is 27.7 Å². The molecule has 0 aromatic heterocycles. The van der Waals surface area contributed by atoms with E-state index in [0.717, 1.165) is 24.8 Å². The summed E-state index contributed by atoms with van der Waals surface area (Å²) in [5, 5.41) is 55.9. The predicted molar refractivity (Wildman–Crippen MR) is 137 cm³/mol. The summed E-state index contributed by atoms with van der Waals surface area (Å²) in [6.45, 7) is 14.7. The van der Waals surface area contributed by atoms with E-state index in [-0.39, 0.29) is 28.6 Å². The van der Waals surface area contributed by atoms with Crippen LogP contribution in [0.15, 0.2) is 11.6 Å². The molecule has 204 valence electrons. The molecule has 0 unspecified atom stereocenters. The Labute approximate surface area is 216 Å². The van der Waals surface area contributed by atoms with Crippen LogP contribution in [-0.4, -0.2) is 55.4 Å². The molecule has 0 spiro atoms. The van der Waals surface area contributed by atoms with Crippen LogP contribution in [0.4, 0.5) is 0 Å². The molecule has 0 heterocycles. The van der Waals surface area contributed by atoms with Gasteiger partial charge < -0.3 is 25.5 Å². The summed E-state index contributed by atoms with van der Waals surface area (Å²) in [5.41, 5.74) is -2.63. The molecular formula is C30H48O6. The minimum absolute atomic E-state index is 0.00890. The number of carboxylic acids is 1. The van der Waals surface area contributed by atoms with Crippen molar-refractivity contribution in [3.8, 4) is 0 Å². The van der Waals surface area contributed by atoms with E-state index in [0.29, 0.717) is 25.7 Å². The summed E-state index contributed by atoms with van der Waals surface area (Å²) in [7, 11) is 0. The lowest BCUT2D eigenvalue weighted by molar-refractivity contribution is -0.279. The summed E-state index contributed by atoms with van der Waals surface area (Å²) in [5.74, 6) is -1.10. The van der Waals surface area contributed by atoms with Crippen LogP contribution in [0.25, 0.3) is 0 Å². The first-order valence-electron chi connectivity index (χ1n) is 14.1. The number of aliphatic hydroxyl groups excluding tert-OH is 3. The van der Waals surface area contributed by atoms with Crippen molar-refractivity contribution in [3.05, 3.63) is 11.6 Å². The summed E-state index contributed by atoms with van der Waals surface area (Å²) in [4.78, 5) is 12.8. The molecule has 6 heteroatoms. The van der Waals surface area contributed by atoms with Crippen LogP contribution >= 0.6 is 0 Å². The van der Waals surface area contributed by atoms with Gasteiger partial charge in [-0.15, -0.1) is 0 Å². The van der Waals surface area contributed by atoms with Gasteiger partial charge in [0.15, 0.2) is 0 Å². The van der Waals surface area contributed by atoms with Crippen LogP contribution in [0.5, 0.6) is 0 Å². The molecule has 0 radical (unpaired) electrons. The second-order valence-corrected chi connectivity index (χ2v) is 14.9. The fraction of sp³-hybridized carbons (Fsp3) is 0.900. The molecular weight excluding hydrogens is 456 g/mol. The maximum atomic E-state index is 12.8. The van der Waals surface area contributed by atoms with Crippen molar-refractivity contribution in [2.24, 2.45) is 50.7 Å². The number of fused-ring (bicyclic) bond motifs is 7. The molecule has 0 aromatic carbocycles. The molecule has 0 saturated heterocycles. The molecule has 0 aromatic rings. The number of rotatable bonds is 1. The van der Waals surface area contributed by atoms with Crippen LogP contribution in [0, 0.1) is 50.7 Å². The molecule has 0 aliphatic heterocycles. The Kier molecular flexibility index (Phi) is 5.61. The third-order valence-corrected chi connectivity index (χ3v) is 13.6. The second-order valence-electron chi connectivity index (χ2n) is 14.9. The molecule has 4 fully saturated rings. The Balaban J connectivity index is 1.67. The third-order valence-electron chi connectivity index (χ3n) is 13.6. The summed E-state index contributed by atoms with van der Waals surface area (Å²) < 4.78 is 0. The highest BCUT2D eigenvalue weighted by atomic mass is 16.4. The molecule has 6 nitrogen and oxygen atoms in total. The van der Waals surface area contributed by atoms with E-state index in [4.69, 9.17) is 0 Å². The van der Waals surface area contributed by atoms with E-state index in [9.17, 15) is 30.3 Å². The van der Waals surface area contributed by atoms with Crippen LogP contribution in [0.2, 0.25) is 0 Å². The van der Waals surface area contributed by atoms with Crippen molar-refractivity contribution in [1.82, 2.24) is 0 Å². The van der Waals surface area contributed by atoms with E-state index in [2.05, 4.69) is 26.8 Å². The van der Waals surface area contributed by atoms with Crippen molar-refractivity contribution >= 4 is 5.97 Å². The first-order valence-corrected chi connectivity index (χ1v) is 14.1. The minimum Gasteiger partial charge on any atom is -0.481 e. The molecule has 0 bridgehead atoms. The van der Waals surface area contributed by atoms with E-state index in [1.165, 1.54) is 0 Å². The van der Waals surface area contributed by atoms with Crippen LogP contribution in [0.1, 0.15) is 93.4 Å². The topological polar surface area (TPSA) is 118 Å². The first kappa shape index (κ1) is 26.6. The van der Waals surface area contributed by atoms with Gasteiger partial charge >= 0.3 is 5.97 Å². The highest BCUT2D eigenvalue weighted by molar-refractivity contribution is 5.77. The van der Waals surface area contributed by atoms with Crippen molar-refractivity contribution in [3.63, 3.8) is 0 Å². The van der Waals surface area contributed by atoms with Crippen LogP contribution in [-0.2, 0) is 4.79 Å². The number of carbonyl (C=O) groups is 1. The highest BCUT2D eigenvalue weighted by Crippen LogP contribution is 2.76. The number of allylic oxidation sites excluding steroid dienone is 1. The van der Waals surface area contributed by atoms with Crippen LogP contribution < -0.4 is 0 Å². The Morgan fingerprint density at radius 2 is 1.53 bits per heavy atom. The van der Waals surface area contributed by atoms with Crippen molar-refractivity contribution < 1.29 is 30.3 Å². The van der Waals surface area contributed by atoms with Gasteiger partial charge in [0.2, 0.25) is 0 Å². The molecule has 5 aliphatic rings. The van der Waals surface area contributed by atoms with Gasteiger partial charge in [-0.3, -0.25) is 4.79 Å². The van der Waals surface area contributed by atoms with Gasteiger partial charge in [0.25, 0.3) is 0 Å². The van der Waals surface area contributed by atoms with Crippen molar-refractivity contribution in [2.45, 2.75) is 117 Å². The fourth-order valence-electron chi connectivity index (χ4n) is 10.9. The Hall–Kier alpha value is -0.950. The van der Waals surface area contributed by atoms with Gasteiger partial charge in [0.05, 0.1) is 23.2 Å². The van der Waals surface area contributed by atoms with Gasteiger partial charge in [-0.2, -0.15) is 0 Å². The quantitative estimate of drug-likeness (QED) is 0.343. The molecule has 0 amide bonds. The fourth-order valence-corrected chi connectivity index (χ4v) is 10.9. The SMILES string of the molecule is C[C@@H]1CC[C@]2(C(=O)O)CC[C@]3(C)C(=CC[C@@H]4[C@]5(C)[C@H](CC[C@]43C)C(C)(C)[C@@H](O)[C@H](O)[C@@H]5O)[C@H]2[C@]1(C)O. The van der Waals surface area contributed by atoms with E-state index >= 15 is 0 Å². The van der Waals surface area contributed by atoms with E-state index in [1.54, 1.807) is 0 Å². The predicted octanol–water partition coefficient (Wildman–Crippen LogP) is 4.15. The number of hydrogen-bond acceptors (Lipinski definition) is 5. The number of carboxylic acid groups (broad SMARTS) is 1. The maximum absolute atomic E-state index is 12.8. The zero-order valence-electron chi connectivity index (χ0n) is 23.2. The lowest BCUT2D eigenvalue weighted by Gasteiger charge is -2.72. The van der Waals surface area contributed by atoms with Crippen molar-refractivity contribution in [2.75, 3.05) is 0 Å². The molecule has 12 atom stereocenters. The Morgan fingerprint density at radius 1 is 0.889 bits per heavy atom. The van der Waals surface area contributed by atoms with Gasteiger partial charge in [0.1, 0.15) is 6.10 Å². The lowest BCUT2D eigenvalue weighted by atomic mass is 9.32. The first-order chi connectivity index (χ1) is 16.4. The lowest BCUT2D eigenvalue weighted by Crippen LogP contribution is -2.72. The molecule has 5 aliphatic carbocycles. The molecule has 36 heavy (non-hydrogen) atoms. The van der Waals surface area contributed by atoms with Gasteiger partial charge in [-0.25, -0.2) is 0 Å². The smallest absolute Gasteiger partial charge is 0.310 e. The number of hydrogen-bond donors (Lipinski definition) is 5. The van der Waals surface area contributed by atoms with E-state index < -0.39 is 52.0 Å². The zero-order chi connectivity index (χ0) is 26.9. The summed E-state index contributed by atoms with van der Waals surface area (Å²) in [6.07, 6.45) is 4.02. The molecule has 5 N–H and O–H groups in total. The average molecular weight is 505 g/mol. The Bertz CT molecular complexity index is 986. The average Bonchev–Trinajstić information content (AvgIpc) is 2.79. The normalized spacial score (nSPS) is 58.0. The van der Waals surface area contributed by atoms with Crippen LogP contribution in [0.3, 0.4) is 0 Å². The number of aliphatic carboxylic acids is 1. The van der Waals surface area contributed by atoms with Gasteiger partial charge in [-0.1, -0.05) is 53.2 Å². The van der Waals surface area contributed by atoms with Crippen molar-refractivity contribution in [1.29, 1.82) is 0 Å². The standard InChI is InChI=1S/C30H48O6/c1-16-10-13-30(24(34)35)15-14-26(4)17(21(30)29(16,7)36)8-9-19-27(26,5)12-11-18-25(2,3)22(32)20(31)23(33)28(18,19)6/h8,16,18-23,31-33,36H,9-15H2,1-7H3,(H,34,35)/t16-,18-,19+,20+,21+,22+,23+,26-,27-,28+,29-,30+/m1/s1. The monoisotopic (exact) mass is 504 g/mol. The van der Waals surface area contributed by atoms with Gasteiger partial charge in [0, 0.05) is 11.3 Å². The highest BCUT2D eigenvalue weighted by Gasteiger charge is 2.73. The molecule has 4 saturated carbocycles. The zero-order valence-corrected chi connectivity index (χ0v) is 23.2. The second kappa shape index (κ2) is 7.58. The largest absolute Gasteiger partial charge is 0.481 e. The van der Waals surface area contributed by atoms with Gasteiger partial charge in [-0.05, 0) is 85.9 Å². The molecule has 5 rings (SSSR count).